The van der Waals surface area contributed by atoms with Gasteiger partial charge in [-0.15, -0.1) is 0 Å². The number of nitrogens with one attached hydrogen (secondary N) is 4. The second-order valence-corrected chi connectivity index (χ2v) is 6.49. The normalized spacial score (nSPS) is 23.8. The molecule has 2 aromatic heterocycles. The minimum Gasteiger partial charge on any atom is -0.394 e. The van der Waals surface area contributed by atoms with Gasteiger partial charge in [-0.05, 0) is 12.5 Å². The predicted octanol–water partition coefficient (Wildman–Crippen LogP) is -2.90. The molecule has 0 saturated carbocycles. The van der Waals surface area contributed by atoms with E-state index in [1.165, 1.54) is 17.0 Å². The number of H-pyrrole nitrogens is 1. The van der Waals surface area contributed by atoms with Gasteiger partial charge in [-0.1, -0.05) is 6.08 Å². The molecule has 2 aromatic rings. The summed E-state index contributed by atoms with van der Waals surface area (Å²) in [5.74, 6) is -0.884. The van der Waals surface area contributed by atoms with Crippen molar-refractivity contribution in [3.05, 3.63) is 28.8 Å². The largest absolute Gasteiger partial charge is 0.394 e. The number of aromatic amines is 1. The summed E-state index contributed by atoms with van der Waals surface area (Å²) in [5.41, 5.74) is 4.47. The molecule has 1 aliphatic heterocycles. The molecule has 9 N–H and O–H groups in total. The maximum Gasteiger partial charge on any atom is 0.280 e. The predicted molar refractivity (Wildman–Crippen MR) is 103 cm³/mol. The third-order valence-electron chi connectivity index (χ3n) is 4.36. The second-order valence-electron chi connectivity index (χ2n) is 6.49. The fourth-order valence-corrected chi connectivity index (χ4v) is 2.92. The van der Waals surface area contributed by atoms with E-state index in [0.717, 1.165) is 0 Å². The standard InChI is InChI=1S/C16H22N8O6/c17-15(18)19-4-2-1-3-8(26)21-16-22-12-9(13(29)23-16)20-6-24(12)14-11(28)10(27)7(5-25)30-14/h1,3,6-7,10-11,14,25,27-28H,2,4-5H2,(H4,17,18,19)(H2,21,22,23,26,29)/b3-1+/t7-,10-,11-,14-/m1/s1. The maximum absolute atomic E-state index is 12.3. The smallest absolute Gasteiger partial charge is 0.280 e. The van der Waals surface area contributed by atoms with E-state index < -0.39 is 42.6 Å². The van der Waals surface area contributed by atoms with Gasteiger partial charge in [0, 0.05) is 6.54 Å². The molecule has 1 fully saturated rings. The fourth-order valence-electron chi connectivity index (χ4n) is 2.92. The van der Waals surface area contributed by atoms with Crippen molar-refractivity contribution in [1.82, 2.24) is 24.8 Å². The molecule has 0 radical (unpaired) electrons. The SMILES string of the molecule is N=C(N)NCC/C=C/C(=O)Nc1nc2c(ncn2[C@@H]2O[C@H](CO)[C@@H](O)[C@H]2O)c(=O)[nH]1. The number of carbonyl (C=O) groups is 1. The van der Waals surface area contributed by atoms with Crippen molar-refractivity contribution in [3.8, 4) is 0 Å². The number of ether oxygens (including phenoxy) is 1. The molecule has 0 bridgehead atoms. The average molecular weight is 422 g/mol. The topological polar surface area (TPSA) is 224 Å². The van der Waals surface area contributed by atoms with Gasteiger partial charge in [-0.3, -0.25) is 29.9 Å². The van der Waals surface area contributed by atoms with Crippen molar-refractivity contribution < 1.29 is 24.9 Å². The Labute approximate surface area is 168 Å². The maximum atomic E-state index is 12.3. The van der Waals surface area contributed by atoms with Crippen LogP contribution in [0.4, 0.5) is 5.95 Å². The summed E-state index contributed by atoms with van der Waals surface area (Å²) in [7, 11) is 0. The van der Waals surface area contributed by atoms with Crippen molar-refractivity contribution in [2.24, 2.45) is 5.73 Å². The number of anilines is 1. The molecule has 30 heavy (non-hydrogen) atoms. The lowest BCUT2D eigenvalue weighted by atomic mass is 10.1. The van der Waals surface area contributed by atoms with Gasteiger partial charge < -0.3 is 31.1 Å². The number of aliphatic hydroxyl groups excluding tert-OH is 3. The second kappa shape index (κ2) is 9.00. The molecule has 14 heteroatoms. The van der Waals surface area contributed by atoms with E-state index in [2.05, 4.69) is 25.6 Å². The van der Waals surface area contributed by atoms with E-state index in [4.69, 9.17) is 15.9 Å². The Morgan fingerprint density at radius 2 is 2.20 bits per heavy atom. The van der Waals surface area contributed by atoms with Gasteiger partial charge in [-0.2, -0.15) is 4.98 Å². The molecule has 3 rings (SSSR count). The summed E-state index contributed by atoms with van der Waals surface area (Å²) in [4.78, 5) is 34.7. The number of guanidine groups is 1. The highest BCUT2D eigenvalue weighted by molar-refractivity contribution is 5.98. The number of carbonyl (C=O) groups excluding carboxylic acids is 1. The number of rotatable bonds is 7. The number of hydrogen-bond donors (Lipinski definition) is 8. The van der Waals surface area contributed by atoms with Crippen LogP contribution in [0.2, 0.25) is 0 Å². The first-order valence-corrected chi connectivity index (χ1v) is 8.96. The van der Waals surface area contributed by atoms with Gasteiger partial charge in [0.1, 0.15) is 18.3 Å². The van der Waals surface area contributed by atoms with E-state index in [0.29, 0.717) is 13.0 Å². The number of amides is 1. The lowest BCUT2D eigenvalue weighted by molar-refractivity contribution is -0.112. The van der Waals surface area contributed by atoms with Crippen molar-refractivity contribution in [2.75, 3.05) is 18.5 Å². The lowest BCUT2D eigenvalue weighted by Crippen LogP contribution is -2.33. The van der Waals surface area contributed by atoms with Crippen LogP contribution in [0.3, 0.4) is 0 Å². The highest BCUT2D eigenvalue weighted by Crippen LogP contribution is 2.30. The van der Waals surface area contributed by atoms with Gasteiger partial charge in [0.15, 0.2) is 23.4 Å². The number of imidazole rings is 1. The minimum atomic E-state index is -1.38. The van der Waals surface area contributed by atoms with Gasteiger partial charge in [0.25, 0.3) is 5.56 Å². The monoisotopic (exact) mass is 422 g/mol. The molecule has 3 heterocycles. The van der Waals surface area contributed by atoms with E-state index in [-0.39, 0.29) is 23.1 Å². The van der Waals surface area contributed by atoms with Crippen LogP contribution in [0.15, 0.2) is 23.3 Å². The van der Waals surface area contributed by atoms with Crippen LogP contribution in [-0.2, 0) is 9.53 Å². The summed E-state index contributed by atoms with van der Waals surface area (Å²) >= 11 is 0. The zero-order valence-corrected chi connectivity index (χ0v) is 15.6. The zero-order chi connectivity index (χ0) is 21.8. The number of aromatic nitrogens is 4. The molecule has 162 valence electrons. The Balaban J connectivity index is 1.77. The van der Waals surface area contributed by atoms with Crippen molar-refractivity contribution >= 4 is 29.0 Å². The Bertz CT molecular complexity index is 1020. The van der Waals surface area contributed by atoms with Crippen molar-refractivity contribution in [2.45, 2.75) is 31.0 Å². The molecule has 0 unspecified atom stereocenters. The molecule has 1 saturated heterocycles. The van der Waals surface area contributed by atoms with E-state index >= 15 is 0 Å². The lowest BCUT2D eigenvalue weighted by Gasteiger charge is -2.16. The molecule has 0 spiro atoms. The third-order valence-corrected chi connectivity index (χ3v) is 4.36. The number of nitrogens with zero attached hydrogens (tertiary/aromatic N) is 3. The highest BCUT2D eigenvalue weighted by atomic mass is 16.6. The fraction of sp³-hybridized carbons (Fsp3) is 0.438. The number of fused-ring (bicyclic) bond motifs is 1. The van der Waals surface area contributed by atoms with Crippen LogP contribution in [0, 0.1) is 5.41 Å². The molecule has 0 aliphatic carbocycles. The van der Waals surface area contributed by atoms with Crippen molar-refractivity contribution in [1.29, 1.82) is 5.41 Å². The quantitative estimate of drug-likeness (QED) is 0.0982. The van der Waals surface area contributed by atoms with Crippen LogP contribution in [0.5, 0.6) is 0 Å². The van der Waals surface area contributed by atoms with Gasteiger partial charge in [-0.25, -0.2) is 4.98 Å². The Morgan fingerprint density at radius 1 is 1.43 bits per heavy atom. The van der Waals surface area contributed by atoms with Crippen LogP contribution in [-0.4, -0.2) is 78.2 Å². The number of aliphatic hydroxyl groups is 3. The van der Waals surface area contributed by atoms with Crippen molar-refractivity contribution in [3.63, 3.8) is 0 Å². The first-order chi connectivity index (χ1) is 14.3. The summed E-state index contributed by atoms with van der Waals surface area (Å²) in [6.45, 7) is -0.130. The van der Waals surface area contributed by atoms with E-state index in [1.54, 1.807) is 6.08 Å². The molecule has 1 aliphatic rings. The van der Waals surface area contributed by atoms with Gasteiger partial charge in [0.2, 0.25) is 11.9 Å². The van der Waals surface area contributed by atoms with E-state index in [9.17, 15) is 24.9 Å². The Hall–Kier alpha value is -3.33. The Morgan fingerprint density at radius 3 is 2.87 bits per heavy atom. The van der Waals surface area contributed by atoms with Crippen LogP contribution in [0.25, 0.3) is 11.2 Å². The van der Waals surface area contributed by atoms with Crippen LogP contribution in [0.1, 0.15) is 12.6 Å². The number of nitrogens with two attached hydrogens (primary N) is 1. The van der Waals surface area contributed by atoms with E-state index in [1.807, 2.05) is 0 Å². The van der Waals surface area contributed by atoms with Gasteiger partial charge in [0.05, 0.1) is 12.9 Å². The first-order valence-electron chi connectivity index (χ1n) is 8.96. The zero-order valence-electron chi connectivity index (χ0n) is 15.6. The molecule has 0 aromatic carbocycles. The summed E-state index contributed by atoms with van der Waals surface area (Å²) < 4.78 is 6.68. The summed E-state index contributed by atoms with van der Waals surface area (Å²) in [5, 5.41) is 41.4. The Kier molecular flexibility index (Phi) is 6.41. The third kappa shape index (κ3) is 4.46. The first kappa shape index (κ1) is 21.4. The summed E-state index contributed by atoms with van der Waals surface area (Å²) in [6.07, 6.45) is -0.429. The summed E-state index contributed by atoms with van der Waals surface area (Å²) in [6, 6.07) is 0. The highest BCUT2D eigenvalue weighted by Gasteiger charge is 2.44. The van der Waals surface area contributed by atoms with Crippen LogP contribution < -0.4 is 21.9 Å². The average Bonchev–Trinajstić information content (AvgIpc) is 3.23. The molecular weight excluding hydrogens is 400 g/mol. The minimum absolute atomic E-state index is 0.0125. The van der Waals surface area contributed by atoms with Crippen LogP contribution >= 0.6 is 0 Å². The van der Waals surface area contributed by atoms with Gasteiger partial charge >= 0.3 is 0 Å². The number of hydrogen-bond acceptors (Lipinski definition) is 9. The molecular formula is C16H22N8O6. The molecule has 4 atom stereocenters. The molecule has 14 nitrogen and oxygen atoms in total. The molecule has 1 amide bonds.